The molecule has 2 aromatic carbocycles. The minimum absolute atomic E-state index is 0.480. The van der Waals surface area contributed by atoms with Crippen LogP contribution in [0.4, 0.5) is 0 Å². The van der Waals surface area contributed by atoms with Gasteiger partial charge in [-0.25, -0.2) is 0 Å². The van der Waals surface area contributed by atoms with E-state index in [0.717, 1.165) is 24.0 Å². The van der Waals surface area contributed by atoms with Gasteiger partial charge in [0.05, 0.1) is 53.8 Å². The van der Waals surface area contributed by atoms with Gasteiger partial charge in [-0.1, -0.05) is 12.1 Å². The normalized spacial score (nSPS) is 11.4. The van der Waals surface area contributed by atoms with E-state index in [2.05, 4.69) is 12.1 Å². The van der Waals surface area contributed by atoms with E-state index in [0.29, 0.717) is 73.4 Å². The number of nitriles is 2. The quantitative estimate of drug-likeness (QED) is 0.190. The van der Waals surface area contributed by atoms with E-state index in [4.69, 9.17) is 28.4 Å². The Morgan fingerprint density at radius 1 is 0.605 bits per heavy atom. The van der Waals surface area contributed by atoms with Gasteiger partial charge in [0.25, 0.3) is 0 Å². The second-order valence-corrected chi connectivity index (χ2v) is 8.22. The van der Waals surface area contributed by atoms with Crippen molar-refractivity contribution in [3.05, 3.63) is 58.7 Å². The molecular formula is C30H36N2O6. The largest absolute Gasteiger partial charge is 0.493 e. The van der Waals surface area contributed by atoms with Crippen molar-refractivity contribution >= 4 is 12.2 Å². The first-order valence-corrected chi connectivity index (χ1v) is 12.4. The van der Waals surface area contributed by atoms with E-state index in [1.54, 1.807) is 28.4 Å². The van der Waals surface area contributed by atoms with E-state index in [9.17, 15) is 10.5 Å². The minimum Gasteiger partial charge on any atom is -0.493 e. The van der Waals surface area contributed by atoms with Gasteiger partial charge in [0.1, 0.15) is 0 Å². The first kappa shape index (κ1) is 30.2. The fourth-order valence-corrected chi connectivity index (χ4v) is 3.66. The van der Waals surface area contributed by atoms with Crippen LogP contribution in [-0.4, -0.2) is 54.9 Å². The summed E-state index contributed by atoms with van der Waals surface area (Å²) in [7, 11) is 6.34. The molecule has 8 heteroatoms. The highest BCUT2D eigenvalue weighted by Gasteiger charge is 2.06. The number of benzene rings is 2. The molecule has 38 heavy (non-hydrogen) atoms. The van der Waals surface area contributed by atoms with Gasteiger partial charge >= 0.3 is 0 Å². The Labute approximate surface area is 225 Å². The van der Waals surface area contributed by atoms with Crippen LogP contribution in [0.15, 0.2) is 47.5 Å². The number of nitrogens with zero attached hydrogens (tertiary/aromatic N) is 2. The van der Waals surface area contributed by atoms with Crippen molar-refractivity contribution in [2.24, 2.45) is 0 Å². The Hall–Kier alpha value is -3.98. The lowest BCUT2D eigenvalue weighted by atomic mass is 10.1. The Balaban J connectivity index is 1.63. The molecule has 0 bridgehead atoms. The topological polar surface area (TPSA) is 103 Å². The van der Waals surface area contributed by atoms with Crippen molar-refractivity contribution in [3.63, 3.8) is 0 Å². The molecule has 0 unspecified atom stereocenters. The fourth-order valence-electron chi connectivity index (χ4n) is 3.66. The lowest BCUT2D eigenvalue weighted by molar-refractivity contribution is 0.0463. The Morgan fingerprint density at radius 2 is 1.00 bits per heavy atom. The molecule has 0 N–H and O–H groups in total. The predicted octanol–water partition coefficient (Wildman–Crippen LogP) is 5.83. The number of hydrogen-bond acceptors (Lipinski definition) is 8. The molecule has 8 nitrogen and oxygen atoms in total. The molecular weight excluding hydrogens is 484 g/mol. The van der Waals surface area contributed by atoms with Crippen molar-refractivity contribution in [2.75, 3.05) is 54.9 Å². The van der Waals surface area contributed by atoms with Crippen LogP contribution in [-0.2, 0) is 9.47 Å². The van der Waals surface area contributed by atoms with Gasteiger partial charge in [0, 0.05) is 24.4 Å². The SMILES string of the molecule is COc1ccc(C=C(C#N)CCCOCCOCCCC(C#N)=Cc2ccc(OC)c(OC)c2)cc1OC. The standard InChI is InChI=1S/C30H36N2O6/c1-33-27-11-9-23(19-29(27)35-3)17-25(21-31)7-5-13-37-15-16-38-14-6-8-26(22-32)18-24-10-12-28(34-2)30(20-24)36-4/h9-12,17-20H,5-8,13-16H2,1-4H3. The zero-order chi connectivity index (χ0) is 27.6. The smallest absolute Gasteiger partial charge is 0.161 e. The van der Waals surface area contributed by atoms with Gasteiger partial charge < -0.3 is 28.4 Å². The second-order valence-electron chi connectivity index (χ2n) is 8.22. The van der Waals surface area contributed by atoms with E-state index >= 15 is 0 Å². The fraction of sp³-hybridized carbons (Fsp3) is 0.400. The average Bonchev–Trinajstić information content (AvgIpc) is 2.96. The van der Waals surface area contributed by atoms with Gasteiger partial charge in [0.15, 0.2) is 23.0 Å². The molecule has 202 valence electrons. The molecule has 2 rings (SSSR count). The monoisotopic (exact) mass is 520 g/mol. The van der Waals surface area contributed by atoms with E-state index in [-0.39, 0.29) is 0 Å². The summed E-state index contributed by atoms with van der Waals surface area (Å²) in [5, 5.41) is 18.9. The van der Waals surface area contributed by atoms with Gasteiger partial charge in [-0.3, -0.25) is 0 Å². The third-order valence-corrected chi connectivity index (χ3v) is 5.63. The molecule has 0 saturated heterocycles. The lowest BCUT2D eigenvalue weighted by Crippen LogP contribution is -2.06. The molecule has 2 aromatic rings. The molecule has 0 aromatic heterocycles. The third-order valence-electron chi connectivity index (χ3n) is 5.63. The highest BCUT2D eigenvalue weighted by Crippen LogP contribution is 2.29. The Bertz CT molecular complexity index is 1070. The van der Waals surface area contributed by atoms with Crippen LogP contribution in [0.25, 0.3) is 12.2 Å². The van der Waals surface area contributed by atoms with Gasteiger partial charge in [-0.05, 0) is 73.2 Å². The van der Waals surface area contributed by atoms with Gasteiger partial charge in [-0.15, -0.1) is 0 Å². The summed E-state index contributed by atoms with van der Waals surface area (Å²) in [6, 6.07) is 15.6. The molecule has 0 aliphatic heterocycles. The molecule has 0 aliphatic carbocycles. The zero-order valence-electron chi connectivity index (χ0n) is 22.6. The summed E-state index contributed by atoms with van der Waals surface area (Å²) >= 11 is 0. The summed E-state index contributed by atoms with van der Waals surface area (Å²) < 4.78 is 32.4. The van der Waals surface area contributed by atoms with Crippen LogP contribution in [0.5, 0.6) is 23.0 Å². The zero-order valence-corrected chi connectivity index (χ0v) is 22.6. The number of rotatable bonds is 17. The van der Waals surface area contributed by atoms with E-state index in [1.165, 1.54) is 0 Å². The number of allylic oxidation sites excluding steroid dienone is 2. The second kappa shape index (κ2) is 17.5. The summed E-state index contributed by atoms with van der Waals surface area (Å²) in [5.74, 6) is 2.55. The summed E-state index contributed by atoms with van der Waals surface area (Å²) in [6.45, 7) is 2.05. The molecule has 0 spiro atoms. The van der Waals surface area contributed by atoms with Crippen molar-refractivity contribution < 1.29 is 28.4 Å². The molecule has 0 fully saturated rings. The van der Waals surface area contributed by atoms with Gasteiger partial charge in [0.2, 0.25) is 0 Å². The maximum atomic E-state index is 9.45. The molecule has 0 radical (unpaired) electrons. The summed E-state index contributed by atoms with van der Waals surface area (Å²) in [5.41, 5.74) is 3.11. The third kappa shape index (κ3) is 10.2. The molecule has 0 saturated carbocycles. The van der Waals surface area contributed by atoms with Crippen LogP contribution < -0.4 is 18.9 Å². The Morgan fingerprint density at radius 3 is 1.34 bits per heavy atom. The van der Waals surface area contributed by atoms with Crippen LogP contribution in [0, 0.1) is 22.7 Å². The van der Waals surface area contributed by atoms with Crippen LogP contribution >= 0.6 is 0 Å². The molecule has 0 amide bonds. The van der Waals surface area contributed by atoms with Crippen molar-refractivity contribution in [2.45, 2.75) is 25.7 Å². The van der Waals surface area contributed by atoms with Crippen molar-refractivity contribution in [1.29, 1.82) is 10.5 Å². The maximum absolute atomic E-state index is 9.45. The lowest BCUT2D eigenvalue weighted by Gasteiger charge is -2.08. The molecule has 0 aliphatic rings. The first-order valence-electron chi connectivity index (χ1n) is 12.4. The molecule has 0 heterocycles. The van der Waals surface area contributed by atoms with Crippen molar-refractivity contribution in [3.8, 4) is 35.1 Å². The van der Waals surface area contributed by atoms with Crippen LogP contribution in [0.2, 0.25) is 0 Å². The van der Waals surface area contributed by atoms with Crippen LogP contribution in [0.1, 0.15) is 36.8 Å². The highest BCUT2D eigenvalue weighted by molar-refractivity contribution is 5.61. The predicted molar refractivity (Wildman–Crippen MR) is 146 cm³/mol. The molecule has 0 atom stereocenters. The number of methoxy groups -OCH3 is 4. The summed E-state index contributed by atoms with van der Waals surface area (Å²) in [4.78, 5) is 0. The van der Waals surface area contributed by atoms with E-state index < -0.39 is 0 Å². The minimum atomic E-state index is 0.480. The number of ether oxygens (including phenoxy) is 6. The van der Waals surface area contributed by atoms with Gasteiger partial charge in [-0.2, -0.15) is 10.5 Å². The highest BCUT2D eigenvalue weighted by atomic mass is 16.5. The number of hydrogen-bond donors (Lipinski definition) is 0. The average molecular weight is 521 g/mol. The van der Waals surface area contributed by atoms with Crippen LogP contribution in [0.3, 0.4) is 0 Å². The van der Waals surface area contributed by atoms with Crippen molar-refractivity contribution in [1.82, 2.24) is 0 Å². The maximum Gasteiger partial charge on any atom is 0.161 e. The Kier molecular flexibility index (Phi) is 13.9. The van der Waals surface area contributed by atoms with E-state index in [1.807, 2.05) is 48.6 Å². The first-order chi connectivity index (χ1) is 18.6. The summed E-state index contributed by atoms with van der Waals surface area (Å²) in [6.07, 6.45) is 6.41.